The lowest BCUT2D eigenvalue weighted by Crippen LogP contribution is -2.19. The Kier molecular flexibility index (Phi) is 4.72. The summed E-state index contributed by atoms with van der Waals surface area (Å²) in [5.74, 6) is 0.602. The van der Waals surface area contributed by atoms with E-state index in [1.54, 1.807) is 53.8 Å². The number of H-pyrrole nitrogens is 1. The number of pyridine rings is 1. The maximum absolute atomic E-state index is 12.4. The molecule has 0 bridgehead atoms. The normalized spacial score (nSPS) is 11.5. The highest BCUT2D eigenvalue weighted by atomic mass is 16.5. The molecule has 0 radical (unpaired) electrons. The Morgan fingerprint density at radius 2 is 1.89 bits per heavy atom. The molecule has 136 valence electrons. The van der Waals surface area contributed by atoms with Crippen molar-refractivity contribution in [2.45, 2.75) is 6.23 Å². The Morgan fingerprint density at radius 3 is 2.57 bits per heavy atom. The number of nitriles is 1. The molecule has 1 N–H and O–H groups in total. The molecule has 4 rings (SSSR count). The van der Waals surface area contributed by atoms with Gasteiger partial charge in [0.15, 0.2) is 0 Å². The van der Waals surface area contributed by atoms with Crippen LogP contribution in [0.15, 0.2) is 90.4 Å². The van der Waals surface area contributed by atoms with Crippen molar-refractivity contribution in [2.24, 2.45) is 0 Å². The number of imidazole rings is 1. The van der Waals surface area contributed by atoms with Crippen molar-refractivity contribution in [1.29, 1.82) is 5.26 Å². The first-order valence-electron chi connectivity index (χ1n) is 8.67. The lowest BCUT2D eigenvalue weighted by molar-refractivity contribution is 0.173. The first-order chi connectivity index (χ1) is 13.7. The van der Waals surface area contributed by atoms with Crippen molar-refractivity contribution in [3.63, 3.8) is 0 Å². The Labute approximate surface area is 161 Å². The summed E-state index contributed by atoms with van der Waals surface area (Å²) in [5.41, 5.74) is 2.54. The van der Waals surface area contributed by atoms with Gasteiger partial charge in [-0.15, -0.1) is 0 Å². The first kappa shape index (κ1) is 17.3. The molecule has 0 fully saturated rings. The summed E-state index contributed by atoms with van der Waals surface area (Å²) in [6.45, 7) is 0. The van der Waals surface area contributed by atoms with Crippen LogP contribution in [0.1, 0.15) is 17.4 Å². The Balaban J connectivity index is 1.75. The van der Waals surface area contributed by atoms with Crippen molar-refractivity contribution < 1.29 is 4.74 Å². The van der Waals surface area contributed by atoms with Gasteiger partial charge < -0.3 is 9.72 Å². The summed E-state index contributed by atoms with van der Waals surface area (Å²) in [6, 6.07) is 20.3. The van der Waals surface area contributed by atoms with Gasteiger partial charge in [0.2, 0.25) is 6.23 Å². The smallest absolute Gasteiger partial charge is 0.255 e. The zero-order valence-electron chi connectivity index (χ0n) is 14.8. The molecule has 0 amide bonds. The molecule has 0 aliphatic rings. The molecule has 0 spiro atoms. The molecule has 2 aromatic heterocycles. The SMILES string of the molecule is N#Cc1ccc(OC(c2c[nH]c(=O)c(-c3ccccc3)c2)n2ccnc2)cc1. The molecule has 1 atom stereocenters. The number of hydrogen-bond donors (Lipinski definition) is 1. The van der Waals surface area contributed by atoms with Crippen LogP contribution in [-0.2, 0) is 0 Å². The van der Waals surface area contributed by atoms with Crippen LogP contribution in [0.2, 0.25) is 0 Å². The topological polar surface area (TPSA) is 83.7 Å². The van der Waals surface area contributed by atoms with Crippen LogP contribution in [0.4, 0.5) is 0 Å². The molecule has 2 heterocycles. The van der Waals surface area contributed by atoms with Crippen LogP contribution in [-0.4, -0.2) is 14.5 Å². The summed E-state index contributed by atoms with van der Waals surface area (Å²) in [6.07, 6.45) is 6.22. The van der Waals surface area contributed by atoms with Gasteiger partial charge in [0.1, 0.15) is 5.75 Å². The lowest BCUT2D eigenvalue weighted by atomic mass is 10.1. The third-order valence-corrected chi connectivity index (χ3v) is 4.32. The van der Waals surface area contributed by atoms with Gasteiger partial charge in [-0.2, -0.15) is 5.26 Å². The summed E-state index contributed by atoms with van der Waals surface area (Å²) in [7, 11) is 0. The van der Waals surface area contributed by atoms with Gasteiger partial charge in [0, 0.05) is 29.7 Å². The number of rotatable bonds is 5. The molecule has 0 aliphatic heterocycles. The van der Waals surface area contributed by atoms with Gasteiger partial charge in [0.25, 0.3) is 5.56 Å². The zero-order chi connectivity index (χ0) is 19.3. The molecule has 0 saturated carbocycles. The van der Waals surface area contributed by atoms with E-state index in [1.807, 2.05) is 36.4 Å². The molecule has 0 aliphatic carbocycles. The fourth-order valence-corrected chi connectivity index (χ4v) is 2.92. The Hall–Kier alpha value is -4.11. The highest BCUT2D eigenvalue weighted by Crippen LogP contribution is 2.26. The second kappa shape index (κ2) is 7.64. The third-order valence-electron chi connectivity index (χ3n) is 4.32. The molecule has 1 unspecified atom stereocenters. The molecule has 28 heavy (non-hydrogen) atoms. The van der Waals surface area contributed by atoms with E-state index in [2.05, 4.69) is 16.0 Å². The molecule has 2 aromatic carbocycles. The van der Waals surface area contributed by atoms with Crippen LogP contribution in [0, 0.1) is 11.3 Å². The number of nitrogens with one attached hydrogen (secondary N) is 1. The van der Waals surface area contributed by atoms with Crippen molar-refractivity contribution in [3.05, 3.63) is 107 Å². The lowest BCUT2D eigenvalue weighted by Gasteiger charge is -2.21. The monoisotopic (exact) mass is 368 g/mol. The van der Waals surface area contributed by atoms with Gasteiger partial charge in [-0.25, -0.2) is 4.98 Å². The van der Waals surface area contributed by atoms with E-state index in [9.17, 15) is 4.79 Å². The van der Waals surface area contributed by atoms with Crippen molar-refractivity contribution in [2.75, 3.05) is 0 Å². The molecule has 4 aromatic rings. The van der Waals surface area contributed by atoms with Crippen molar-refractivity contribution in [3.8, 4) is 22.9 Å². The van der Waals surface area contributed by atoms with Crippen molar-refractivity contribution in [1.82, 2.24) is 14.5 Å². The largest absolute Gasteiger partial charge is 0.466 e. The molecular weight excluding hydrogens is 352 g/mol. The van der Waals surface area contributed by atoms with E-state index < -0.39 is 6.23 Å². The van der Waals surface area contributed by atoms with Crippen LogP contribution in [0.3, 0.4) is 0 Å². The molecule has 6 heteroatoms. The van der Waals surface area contributed by atoms with Gasteiger partial charge in [-0.05, 0) is 35.9 Å². The highest BCUT2D eigenvalue weighted by Gasteiger charge is 2.18. The number of nitrogens with zero attached hydrogens (tertiary/aromatic N) is 3. The molecular formula is C22H16N4O2. The van der Waals surface area contributed by atoms with Gasteiger partial charge >= 0.3 is 0 Å². The minimum absolute atomic E-state index is 0.169. The summed E-state index contributed by atoms with van der Waals surface area (Å²) >= 11 is 0. The van der Waals surface area contributed by atoms with Crippen LogP contribution < -0.4 is 10.3 Å². The summed E-state index contributed by atoms with van der Waals surface area (Å²) in [4.78, 5) is 19.3. The average Bonchev–Trinajstić information content (AvgIpc) is 3.28. The number of ether oxygens (including phenoxy) is 1. The predicted octanol–water partition coefficient (Wildman–Crippen LogP) is 3.74. The van der Waals surface area contributed by atoms with E-state index >= 15 is 0 Å². The third kappa shape index (κ3) is 3.55. The standard InChI is InChI=1S/C22H16N4O2/c23-13-16-6-8-19(9-7-16)28-22(26-11-10-24-15-26)18-12-20(21(27)25-14-18)17-4-2-1-3-5-17/h1-12,14-15,22H,(H,25,27). The second-order valence-corrected chi connectivity index (χ2v) is 6.16. The van der Waals surface area contributed by atoms with E-state index in [0.717, 1.165) is 11.1 Å². The second-order valence-electron chi connectivity index (χ2n) is 6.16. The highest BCUT2D eigenvalue weighted by molar-refractivity contribution is 5.62. The minimum Gasteiger partial charge on any atom is -0.466 e. The number of aromatic amines is 1. The first-order valence-corrected chi connectivity index (χ1v) is 8.67. The maximum Gasteiger partial charge on any atom is 0.255 e. The van der Waals surface area contributed by atoms with E-state index in [1.165, 1.54) is 0 Å². The number of benzene rings is 2. The van der Waals surface area contributed by atoms with Gasteiger partial charge in [-0.1, -0.05) is 30.3 Å². The van der Waals surface area contributed by atoms with E-state index in [0.29, 0.717) is 16.9 Å². The van der Waals surface area contributed by atoms with Gasteiger partial charge in [0.05, 0.1) is 18.0 Å². The Bertz CT molecular complexity index is 1160. The number of hydrogen-bond acceptors (Lipinski definition) is 4. The van der Waals surface area contributed by atoms with E-state index in [4.69, 9.17) is 10.00 Å². The van der Waals surface area contributed by atoms with Crippen molar-refractivity contribution >= 4 is 0 Å². The quantitative estimate of drug-likeness (QED) is 0.582. The van der Waals surface area contributed by atoms with Gasteiger partial charge in [-0.3, -0.25) is 9.36 Å². The zero-order valence-corrected chi connectivity index (χ0v) is 14.8. The van der Waals surface area contributed by atoms with Crippen LogP contribution in [0.25, 0.3) is 11.1 Å². The summed E-state index contributed by atoms with van der Waals surface area (Å²) in [5, 5.41) is 8.97. The summed E-state index contributed by atoms with van der Waals surface area (Å²) < 4.78 is 7.97. The fourth-order valence-electron chi connectivity index (χ4n) is 2.92. The maximum atomic E-state index is 12.4. The minimum atomic E-state index is -0.533. The Morgan fingerprint density at radius 1 is 1.11 bits per heavy atom. The number of aromatic nitrogens is 3. The average molecular weight is 368 g/mol. The van der Waals surface area contributed by atoms with Crippen LogP contribution in [0.5, 0.6) is 5.75 Å². The predicted molar refractivity (Wildman–Crippen MR) is 105 cm³/mol. The molecule has 6 nitrogen and oxygen atoms in total. The fraction of sp³-hybridized carbons (Fsp3) is 0.0455. The van der Waals surface area contributed by atoms with E-state index in [-0.39, 0.29) is 5.56 Å². The van der Waals surface area contributed by atoms with Crippen LogP contribution >= 0.6 is 0 Å². The molecule has 0 saturated heterocycles.